The second-order valence-electron chi connectivity index (χ2n) is 32.0. The summed E-state index contributed by atoms with van der Waals surface area (Å²) in [5, 5.41) is 26.8. The van der Waals surface area contributed by atoms with E-state index in [4.69, 9.17) is 35.6 Å². The summed E-state index contributed by atoms with van der Waals surface area (Å²) in [4.78, 5) is 102. The molecular weight excluding hydrogens is 1660 g/mol. The molecule has 134 heavy (non-hydrogen) atoms. The highest BCUT2D eigenvalue weighted by molar-refractivity contribution is 6.10. The number of carboxylic acids is 1. The molecule has 660 valence electrons. The molecule has 0 radical (unpaired) electrons. The number of rotatable bonds is 29. The molecule has 0 spiro atoms. The monoisotopic (exact) mass is 1760 g/mol. The average molecular weight is 1760 g/mol. The third-order valence-corrected chi connectivity index (χ3v) is 22.9. The number of carbonyl (C=O) groups is 7. The molecule has 18 nitrogen and oxygen atoms in total. The van der Waals surface area contributed by atoms with Crippen LogP contribution in [0.1, 0.15) is 81.1 Å². The Balaban J connectivity index is 0.000000154. The summed E-state index contributed by atoms with van der Waals surface area (Å²) in [6, 6.07) is 118. The number of hydrogen-bond donors (Lipinski definition) is 6. The normalized spacial score (nSPS) is 14.9. The lowest BCUT2D eigenvalue weighted by Gasteiger charge is -2.44. The van der Waals surface area contributed by atoms with E-state index in [2.05, 4.69) is 30.5 Å². The van der Waals surface area contributed by atoms with Gasteiger partial charge in [0.25, 0.3) is 17.7 Å². The van der Waals surface area contributed by atoms with Crippen LogP contribution in [0.25, 0.3) is 72.2 Å². The van der Waals surface area contributed by atoms with E-state index in [1.165, 1.54) is 12.0 Å². The van der Waals surface area contributed by atoms with Crippen molar-refractivity contribution in [3.63, 3.8) is 0 Å². The smallest absolute Gasteiger partial charge is 0.311 e. The fraction of sp³-hybridized carbons (Fsp3) is 0.112. The van der Waals surface area contributed by atoms with Gasteiger partial charge in [-0.15, -0.1) is 0 Å². The number of likely N-dealkylation sites (tertiary alicyclic amines) is 1. The Bertz CT molecular complexity index is 6660. The van der Waals surface area contributed by atoms with Crippen molar-refractivity contribution in [1.29, 1.82) is 5.41 Å². The van der Waals surface area contributed by atoms with E-state index in [-0.39, 0.29) is 72.1 Å². The van der Waals surface area contributed by atoms with Gasteiger partial charge in [-0.1, -0.05) is 405 Å². The molecule has 14 aromatic rings. The Hall–Kier alpha value is -17.5. The zero-order chi connectivity index (χ0) is 93.9. The van der Waals surface area contributed by atoms with Crippen LogP contribution in [0.15, 0.2) is 406 Å². The van der Waals surface area contributed by atoms with Gasteiger partial charge in [0.05, 0.1) is 74.7 Å². The number of ether oxygens (including phenoxy) is 1. The molecule has 5 amide bonds. The first-order chi connectivity index (χ1) is 65.4. The lowest BCUT2D eigenvalue weighted by atomic mass is 9.81. The van der Waals surface area contributed by atoms with E-state index in [1.54, 1.807) is 97.1 Å². The van der Waals surface area contributed by atoms with Crippen LogP contribution >= 0.6 is 0 Å². The molecule has 2 aliphatic heterocycles. The Morgan fingerprint density at radius 3 is 1.15 bits per heavy atom. The summed E-state index contributed by atoms with van der Waals surface area (Å²) in [5.41, 5.74) is 22.9. The fourth-order valence-electron chi connectivity index (χ4n) is 15.7. The summed E-state index contributed by atoms with van der Waals surface area (Å²) >= 11 is 0. The van der Waals surface area contributed by atoms with Crippen LogP contribution in [-0.4, -0.2) is 88.6 Å². The minimum Gasteiger partial charge on any atom is -0.481 e. The highest BCUT2D eigenvalue weighted by Gasteiger charge is 2.49. The first-order valence-corrected chi connectivity index (χ1v) is 43.7. The molecule has 2 saturated heterocycles. The lowest BCUT2D eigenvalue weighted by Crippen LogP contribution is -2.62. The van der Waals surface area contributed by atoms with Crippen LogP contribution < -0.4 is 21.7 Å². The molecule has 16 rings (SSSR count). The largest absolute Gasteiger partial charge is 0.481 e. The second kappa shape index (κ2) is 47.5. The Morgan fingerprint density at radius 1 is 0.410 bits per heavy atom. The molecule has 0 aliphatic carbocycles. The number of hydrogen-bond acceptors (Lipinski definition) is 9. The van der Waals surface area contributed by atoms with Gasteiger partial charge in [0, 0.05) is 22.3 Å². The number of nitrogens with zero attached hydrogens (tertiary/aromatic N) is 4. The number of β-lactam (4-membered cyclic amide) rings is 2. The van der Waals surface area contributed by atoms with E-state index >= 15 is 0 Å². The number of benzene rings is 14. The molecule has 2 heterocycles. The van der Waals surface area contributed by atoms with Gasteiger partial charge in [0.2, 0.25) is 11.8 Å². The standard InChI is InChI=1S/C33H31N3O3.C32H26N2O3.C32H24N2O2.C19H16N2O/c1-39-33(38)29(22-24-11-8-14-28(21-24)31(34)35)30(20-15-23-9-4-2-5-10-23)36-32(37)27-18-16-26(17-19-27)25-12-6-3-7-13-25;1-33-28-14-8-11-24(21-28)22-29(32(36)37)30(20-15-23-9-4-2-5-10-23)34-31(35)27-18-16-26(17-19-27)25-12-6-3-7-13-25;1-33-28-14-8-11-24(21-28)22-29-30(20-15-23-9-4-2-5-10-23)34(32(29)36)31(35)27-18-16-26(17-19-27)25-12-6-3-7-13-25;1-20-16-9-5-8-15(12-16)13-17-18(21-19(17)22)11-10-14-6-3-2-4-7-14/h2-21,29-30H,22H2,1H3,(H3,34,35)(H,36,37);2-21,29-30H,22H2,(H,34,35)(H,36,37);2-21,29-30H,22H2;2-12,17-18H,13H2,(H,21,22)/b3*20-15+;11-10+. The van der Waals surface area contributed by atoms with Gasteiger partial charge in [-0.05, 0) is 129 Å². The number of nitrogens with one attached hydrogen (secondary N) is 4. The van der Waals surface area contributed by atoms with Crippen LogP contribution in [0.3, 0.4) is 0 Å². The van der Waals surface area contributed by atoms with Crippen molar-refractivity contribution in [2.75, 3.05) is 7.11 Å². The molecule has 14 aromatic carbocycles. The van der Waals surface area contributed by atoms with E-state index < -0.39 is 35.9 Å². The van der Waals surface area contributed by atoms with Crippen LogP contribution in [0, 0.1) is 48.8 Å². The molecule has 18 heteroatoms. The zero-order valence-electron chi connectivity index (χ0n) is 73.5. The molecule has 0 saturated carbocycles. The van der Waals surface area contributed by atoms with Crippen LogP contribution in [0.2, 0.25) is 0 Å². The van der Waals surface area contributed by atoms with Gasteiger partial charge in [-0.2, -0.15) is 0 Å². The lowest BCUT2D eigenvalue weighted by molar-refractivity contribution is -0.148. The van der Waals surface area contributed by atoms with Crippen molar-refractivity contribution in [2.24, 2.45) is 29.4 Å². The number of imide groups is 1. The van der Waals surface area contributed by atoms with Gasteiger partial charge in [-0.3, -0.25) is 43.9 Å². The van der Waals surface area contributed by atoms with Gasteiger partial charge in [0.1, 0.15) is 5.84 Å². The van der Waals surface area contributed by atoms with E-state index in [9.17, 15) is 38.7 Å². The number of nitrogens with two attached hydrogens (primary N) is 1. The van der Waals surface area contributed by atoms with Gasteiger partial charge in [0.15, 0.2) is 17.1 Å². The summed E-state index contributed by atoms with van der Waals surface area (Å²) < 4.78 is 5.16. The molecule has 8 unspecified atom stereocenters. The highest BCUT2D eigenvalue weighted by Crippen LogP contribution is 2.36. The van der Waals surface area contributed by atoms with Crippen LogP contribution in [0.5, 0.6) is 0 Å². The third kappa shape index (κ3) is 26.4. The molecule has 0 aromatic heterocycles. The molecule has 7 N–H and O–H groups in total. The van der Waals surface area contributed by atoms with Crippen molar-refractivity contribution >= 4 is 88.7 Å². The molecule has 2 fully saturated rings. The van der Waals surface area contributed by atoms with Crippen molar-refractivity contribution in [1.82, 2.24) is 20.9 Å². The summed E-state index contributed by atoms with van der Waals surface area (Å²) in [6.45, 7) is 21.6. The molecular formula is C116H97N9O9. The number of methoxy groups -OCH3 is 1. The van der Waals surface area contributed by atoms with Crippen molar-refractivity contribution in [3.05, 3.63) is 507 Å². The predicted octanol–water partition coefficient (Wildman–Crippen LogP) is 22.6. The summed E-state index contributed by atoms with van der Waals surface area (Å²) in [6.07, 6.45) is 16.8. The van der Waals surface area contributed by atoms with E-state index in [1.807, 2.05) is 334 Å². The maximum Gasteiger partial charge on any atom is 0.311 e. The Labute approximate surface area is 780 Å². The number of carbonyl (C=O) groups excluding carboxylic acids is 6. The van der Waals surface area contributed by atoms with Crippen molar-refractivity contribution < 1.29 is 43.4 Å². The maximum absolute atomic E-state index is 13.4. The molecule has 0 bridgehead atoms. The van der Waals surface area contributed by atoms with E-state index in [0.29, 0.717) is 52.2 Å². The quantitative estimate of drug-likeness (QED) is 0.00646. The maximum atomic E-state index is 13.4. The van der Waals surface area contributed by atoms with E-state index in [0.717, 1.165) is 77.9 Å². The Kier molecular flexibility index (Phi) is 33.4. The van der Waals surface area contributed by atoms with Gasteiger partial charge >= 0.3 is 11.9 Å². The minimum absolute atomic E-state index is 0.0547. The number of nitrogen functional groups attached to an aromatic ring is 1. The summed E-state index contributed by atoms with van der Waals surface area (Å²) in [7, 11) is 1.34. The molecule has 8 atom stereocenters. The number of amidine groups is 1. The first-order valence-electron chi connectivity index (χ1n) is 43.7. The van der Waals surface area contributed by atoms with Gasteiger partial charge < -0.3 is 31.5 Å². The fourth-order valence-corrected chi connectivity index (χ4v) is 15.7. The highest BCUT2D eigenvalue weighted by atomic mass is 16.5. The topological polar surface area (TPSA) is 251 Å². The number of esters is 1. The average Bonchev–Trinajstić information content (AvgIpc) is 0.747. The molecule has 2 aliphatic rings. The second-order valence-corrected chi connectivity index (χ2v) is 32.0. The zero-order valence-corrected chi connectivity index (χ0v) is 73.5. The SMILES string of the molecule is COC(=O)C(Cc1cccc(C(=N)N)c1)C(/C=C/c1ccccc1)NC(=O)c1ccc(-c2ccccc2)cc1.[C-]#[N+]c1cccc(CC(C(=O)O)C(/C=C/c2ccccc2)NC(=O)c2ccc(-c3ccccc3)cc2)c1.[C-]#[N+]c1cccc(CC2C(=O)N(C(=O)c3ccc(-c4ccccc4)cc3)C2/C=C/c2ccccc2)c1.[C-]#[N+]c1cccc(CC2C(=O)NC2/C=C/c2ccccc2)c1. The predicted molar refractivity (Wildman–Crippen MR) is 531 cm³/mol. The number of amides is 5. The third-order valence-electron chi connectivity index (χ3n) is 22.9. The van der Waals surface area contributed by atoms with Gasteiger partial charge in [-0.25, -0.2) is 14.5 Å². The van der Waals surface area contributed by atoms with Crippen molar-refractivity contribution in [3.8, 4) is 33.4 Å². The first kappa shape index (κ1) is 94.1. The Morgan fingerprint density at radius 2 is 0.754 bits per heavy atom. The number of carboxylic acid groups (broad SMARTS) is 1. The summed E-state index contributed by atoms with van der Waals surface area (Å²) in [5.74, 6) is -4.68. The van der Waals surface area contributed by atoms with Crippen LogP contribution in [-0.2, 0) is 49.6 Å². The van der Waals surface area contributed by atoms with Crippen LogP contribution in [0.4, 0.5) is 17.1 Å². The minimum atomic E-state index is -1.03. The van der Waals surface area contributed by atoms with Crippen molar-refractivity contribution in [2.45, 2.75) is 49.9 Å². The number of aliphatic carboxylic acids is 1.